The zero-order valence-electron chi connectivity index (χ0n) is 13.1. The van der Waals surface area contributed by atoms with E-state index in [1.165, 1.54) is 0 Å². The Balaban J connectivity index is 2.66. The van der Waals surface area contributed by atoms with Gasteiger partial charge in [-0.25, -0.2) is 0 Å². The molecule has 1 aromatic rings. The van der Waals surface area contributed by atoms with Crippen molar-refractivity contribution < 1.29 is 9.53 Å². The van der Waals surface area contributed by atoms with Crippen molar-refractivity contribution in [3.8, 4) is 5.75 Å². The van der Waals surface area contributed by atoms with E-state index >= 15 is 0 Å². The lowest BCUT2D eigenvalue weighted by molar-refractivity contribution is -0.123. The maximum Gasteiger partial charge on any atom is 0.237 e. The molecular formula is C16H26N2O2. The van der Waals surface area contributed by atoms with Crippen LogP contribution in [0.15, 0.2) is 24.3 Å². The van der Waals surface area contributed by atoms with Crippen molar-refractivity contribution in [2.45, 2.75) is 46.2 Å². The lowest BCUT2D eigenvalue weighted by atomic mass is 10.0. The maximum atomic E-state index is 11.3. The minimum atomic E-state index is -0.730. The molecule has 20 heavy (non-hydrogen) atoms. The topological polar surface area (TPSA) is 64.3 Å². The highest BCUT2D eigenvalue weighted by molar-refractivity contribution is 5.83. The molecule has 0 aliphatic heterocycles. The molecule has 112 valence electrons. The third kappa shape index (κ3) is 4.85. The quantitative estimate of drug-likeness (QED) is 0.806. The van der Waals surface area contributed by atoms with Crippen molar-refractivity contribution in [1.82, 2.24) is 5.32 Å². The molecule has 0 saturated heterocycles. The smallest absolute Gasteiger partial charge is 0.237 e. The fourth-order valence-electron chi connectivity index (χ4n) is 1.81. The van der Waals surface area contributed by atoms with E-state index < -0.39 is 5.54 Å². The Kier molecular flexibility index (Phi) is 5.57. The summed E-state index contributed by atoms with van der Waals surface area (Å²) in [6, 6.07) is 7.95. The molecule has 0 bridgehead atoms. The predicted octanol–water partition coefficient (Wildman–Crippen LogP) is 2.64. The summed E-state index contributed by atoms with van der Waals surface area (Å²) in [4.78, 5) is 11.3. The van der Waals surface area contributed by atoms with Gasteiger partial charge in [0, 0.05) is 6.04 Å². The van der Waals surface area contributed by atoms with Gasteiger partial charge in [-0.2, -0.15) is 0 Å². The molecule has 0 fully saturated rings. The highest BCUT2D eigenvalue weighted by Crippen LogP contribution is 2.20. The van der Waals surface area contributed by atoms with E-state index in [4.69, 9.17) is 10.5 Å². The van der Waals surface area contributed by atoms with Gasteiger partial charge in [0.15, 0.2) is 0 Å². The average molecular weight is 278 g/mol. The number of carbonyl (C=O) groups is 1. The van der Waals surface area contributed by atoms with Gasteiger partial charge in [-0.3, -0.25) is 10.1 Å². The van der Waals surface area contributed by atoms with Crippen LogP contribution in [0.2, 0.25) is 0 Å². The number of hydrogen-bond acceptors (Lipinski definition) is 3. The van der Waals surface area contributed by atoms with E-state index in [-0.39, 0.29) is 11.9 Å². The molecule has 1 rings (SSSR count). The van der Waals surface area contributed by atoms with Gasteiger partial charge in [0.2, 0.25) is 5.91 Å². The first-order valence-electron chi connectivity index (χ1n) is 7.02. The van der Waals surface area contributed by atoms with Gasteiger partial charge in [-0.1, -0.05) is 26.0 Å². The van der Waals surface area contributed by atoms with Crippen LogP contribution < -0.4 is 15.8 Å². The van der Waals surface area contributed by atoms with E-state index in [2.05, 4.69) is 19.2 Å². The lowest BCUT2D eigenvalue weighted by Crippen LogP contribution is -2.51. The third-order valence-electron chi connectivity index (χ3n) is 3.16. The van der Waals surface area contributed by atoms with E-state index in [0.29, 0.717) is 12.5 Å². The molecule has 0 aliphatic rings. The first-order chi connectivity index (χ1) is 9.22. The molecule has 0 saturated carbocycles. The lowest BCUT2D eigenvalue weighted by Gasteiger charge is -2.27. The standard InChI is InChI=1S/C16H26N2O2/c1-11(2)10-20-14-8-6-13(7-9-14)12(3)18-16(4,5)15(17)19/h6-9,11-12,18H,10H2,1-5H3,(H2,17,19). The summed E-state index contributed by atoms with van der Waals surface area (Å²) in [5.74, 6) is 1.01. The first-order valence-corrected chi connectivity index (χ1v) is 7.02. The number of primary amides is 1. The van der Waals surface area contributed by atoms with Crippen LogP contribution >= 0.6 is 0 Å². The zero-order chi connectivity index (χ0) is 15.3. The second-order valence-electron chi connectivity index (χ2n) is 6.13. The van der Waals surface area contributed by atoms with Gasteiger partial charge in [0.05, 0.1) is 12.1 Å². The van der Waals surface area contributed by atoms with Crippen molar-refractivity contribution in [1.29, 1.82) is 0 Å². The monoisotopic (exact) mass is 278 g/mol. The Morgan fingerprint density at radius 2 is 1.80 bits per heavy atom. The maximum absolute atomic E-state index is 11.3. The Hall–Kier alpha value is -1.55. The number of hydrogen-bond donors (Lipinski definition) is 2. The summed E-state index contributed by atoms with van der Waals surface area (Å²) in [6.07, 6.45) is 0. The van der Waals surface area contributed by atoms with Crippen LogP contribution in [0.25, 0.3) is 0 Å². The number of benzene rings is 1. The molecule has 3 N–H and O–H groups in total. The van der Waals surface area contributed by atoms with Crippen LogP contribution in [0.4, 0.5) is 0 Å². The largest absolute Gasteiger partial charge is 0.493 e. The molecule has 1 amide bonds. The second-order valence-corrected chi connectivity index (χ2v) is 6.13. The minimum Gasteiger partial charge on any atom is -0.493 e. The summed E-state index contributed by atoms with van der Waals surface area (Å²) in [5.41, 5.74) is 5.73. The summed E-state index contributed by atoms with van der Waals surface area (Å²) < 4.78 is 5.65. The van der Waals surface area contributed by atoms with Crippen LogP contribution in [0.1, 0.15) is 46.2 Å². The number of carbonyl (C=O) groups excluding carboxylic acids is 1. The van der Waals surface area contributed by atoms with Crippen LogP contribution in [0, 0.1) is 5.92 Å². The summed E-state index contributed by atoms with van der Waals surface area (Å²) >= 11 is 0. The van der Waals surface area contributed by atoms with Crippen LogP contribution in [0.3, 0.4) is 0 Å². The van der Waals surface area contributed by atoms with Crippen molar-refractivity contribution in [2.24, 2.45) is 11.7 Å². The van der Waals surface area contributed by atoms with Gasteiger partial charge >= 0.3 is 0 Å². The SMILES string of the molecule is CC(C)COc1ccc(C(C)NC(C)(C)C(N)=O)cc1. The third-order valence-corrected chi connectivity index (χ3v) is 3.16. The Morgan fingerprint density at radius 1 is 1.25 bits per heavy atom. The summed E-state index contributed by atoms with van der Waals surface area (Å²) in [7, 11) is 0. The molecule has 1 unspecified atom stereocenters. The molecule has 0 aliphatic carbocycles. The summed E-state index contributed by atoms with van der Waals surface area (Å²) in [5, 5.41) is 3.23. The highest BCUT2D eigenvalue weighted by atomic mass is 16.5. The molecule has 1 aromatic carbocycles. The van der Waals surface area contributed by atoms with E-state index in [9.17, 15) is 4.79 Å². The van der Waals surface area contributed by atoms with E-state index in [0.717, 1.165) is 11.3 Å². The molecule has 0 radical (unpaired) electrons. The predicted molar refractivity (Wildman–Crippen MR) is 81.6 cm³/mol. The van der Waals surface area contributed by atoms with Gasteiger partial charge < -0.3 is 10.5 Å². The summed E-state index contributed by atoms with van der Waals surface area (Å²) in [6.45, 7) is 10.5. The van der Waals surface area contributed by atoms with Crippen LogP contribution in [-0.2, 0) is 4.79 Å². The normalized spacial score (nSPS) is 13.3. The van der Waals surface area contributed by atoms with Gasteiger partial charge in [-0.05, 0) is 44.4 Å². The fraction of sp³-hybridized carbons (Fsp3) is 0.562. The second kappa shape index (κ2) is 6.75. The van der Waals surface area contributed by atoms with E-state index in [1.54, 1.807) is 13.8 Å². The van der Waals surface area contributed by atoms with Crippen molar-refractivity contribution >= 4 is 5.91 Å². The first kappa shape index (κ1) is 16.5. The van der Waals surface area contributed by atoms with Crippen molar-refractivity contribution in [2.75, 3.05) is 6.61 Å². The van der Waals surface area contributed by atoms with Crippen LogP contribution in [-0.4, -0.2) is 18.1 Å². The highest BCUT2D eigenvalue weighted by Gasteiger charge is 2.26. The van der Waals surface area contributed by atoms with Crippen molar-refractivity contribution in [3.63, 3.8) is 0 Å². The zero-order valence-corrected chi connectivity index (χ0v) is 13.1. The van der Waals surface area contributed by atoms with Gasteiger partial charge in [-0.15, -0.1) is 0 Å². The Bertz CT molecular complexity index is 438. The minimum absolute atomic E-state index is 0.0386. The number of amides is 1. The van der Waals surface area contributed by atoms with Gasteiger partial charge in [0.1, 0.15) is 5.75 Å². The molecule has 0 aromatic heterocycles. The van der Waals surface area contributed by atoms with Gasteiger partial charge in [0.25, 0.3) is 0 Å². The molecule has 0 spiro atoms. The van der Waals surface area contributed by atoms with E-state index in [1.807, 2.05) is 31.2 Å². The van der Waals surface area contributed by atoms with Crippen molar-refractivity contribution in [3.05, 3.63) is 29.8 Å². The molecule has 0 heterocycles. The number of nitrogens with two attached hydrogens (primary N) is 1. The number of ether oxygens (including phenoxy) is 1. The molecule has 1 atom stereocenters. The number of nitrogens with one attached hydrogen (secondary N) is 1. The molecule has 4 nitrogen and oxygen atoms in total. The fourth-order valence-corrected chi connectivity index (χ4v) is 1.81. The number of rotatable bonds is 7. The Morgan fingerprint density at radius 3 is 2.25 bits per heavy atom. The Labute approximate surface area is 121 Å². The molecular weight excluding hydrogens is 252 g/mol. The molecule has 4 heteroatoms. The average Bonchev–Trinajstić information content (AvgIpc) is 2.36. The van der Waals surface area contributed by atoms with Crippen LogP contribution in [0.5, 0.6) is 5.75 Å².